The Hall–Kier alpha value is -0.890. The molecule has 2 aromatic rings. The SMILES string of the molecule is COc1ccc(C(Cl)c2cccc(Cl)c2Cl)cc1. The van der Waals surface area contributed by atoms with E-state index in [1.54, 1.807) is 13.2 Å². The van der Waals surface area contributed by atoms with Gasteiger partial charge in [-0.15, -0.1) is 11.6 Å². The lowest BCUT2D eigenvalue weighted by Crippen LogP contribution is -1.95. The van der Waals surface area contributed by atoms with Crippen LogP contribution in [0.25, 0.3) is 0 Å². The maximum Gasteiger partial charge on any atom is 0.118 e. The first-order chi connectivity index (χ1) is 8.63. The van der Waals surface area contributed by atoms with E-state index in [9.17, 15) is 0 Å². The van der Waals surface area contributed by atoms with Crippen LogP contribution in [0, 0.1) is 0 Å². The number of methoxy groups -OCH3 is 1. The molecular formula is C14H11Cl3O. The van der Waals surface area contributed by atoms with Crippen LogP contribution in [-0.4, -0.2) is 7.11 Å². The normalized spacial score (nSPS) is 12.2. The van der Waals surface area contributed by atoms with Crippen molar-refractivity contribution in [3.63, 3.8) is 0 Å². The number of halogens is 3. The lowest BCUT2D eigenvalue weighted by molar-refractivity contribution is 0.414. The van der Waals surface area contributed by atoms with Gasteiger partial charge in [-0.2, -0.15) is 0 Å². The largest absolute Gasteiger partial charge is 0.497 e. The van der Waals surface area contributed by atoms with E-state index in [2.05, 4.69) is 0 Å². The van der Waals surface area contributed by atoms with Gasteiger partial charge in [0.25, 0.3) is 0 Å². The lowest BCUT2D eigenvalue weighted by atomic mass is 10.0. The molecule has 0 radical (unpaired) electrons. The standard InChI is InChI=1S/C14H11Cl3O/c1-18-10-7-5-9(6-8-10)13(16)11-3-2-4-12(15)14(11)17/h2-8,13H,1H3. The molecule has 0 fully saturated rings. The van der Waals surface area contributed by atoms with Crippen molar-refractivity contribution in [1.29, 1.82) is 0 Å². The second kappa shape index (κ2) is 5.83. The molecule has 4 heteroatoms. The summed E-state index contributed by atoms with van der Waals surface area (Å²) in [5.41, 5.74) is 1.75. The molecule has 2 rings (SSSR count). The topological polar surface area (TPSA) is 9.23 Å². The first kappa shape index (κ1) is 13.5. The first-order valence-corrected chi connectivity index (χ1v) is 6.54. The highest BCUT2D eigenvalue weighted by Crippen LogP contribution is 2.37. The van der Waals surface area contributed by atoms with Crippen molar-refractivity contribution in [2.45, 2.75) is 5.38 Å². The predicted octanol–water partition coefficient (Wildman–Crippen LogP) is 5.33. The van der Waals surface area contributed by atoms with Gasteiger partial charge in [-0.1, -0.05) is 47.5 Å². The van der Waals surface area contributed by atoms with Crippen molar-refractivity contribution in [2.75, 3.05) is 7.11 Å². The average molecular weight is 302 g/mol. The molecule has 94 valence electrons. The molecule has 0 bridgehead atoms. The van der Waals surface area contributed by atoms with E-state index in [0.29, 0.717) is 10.0 Å². The first-order valence-electron chi connectivity index (χ1n) is 5.35. The monoisotopic (exact) mass is 300 g/mol. The van der Waals surface area contributed by atoms with Crippen molar-refractivity contribution in [1.82, 2.24) is 0 Å². The molecule has 0 N–H and O–H groups in total. The molecule has 0 aromatic heterocycles. The smallest absolute Gasteiger partial charge is 0.118 e. The highest BCUT2D eigenvalue weighted by molar-refractivity contribution is 6.43. The van der Waals surface area contributed by atoms with Crippen LogP contribution in [0.1, 0.15) is 16.5 Å². The molecule has 0 spiro atoms. The van der Waals surface area contributed by atoms with E-state index in [1.165, 1.54) is 0 Å². The fourth-order valence-corrected chi connectivity index (χ4v) is 2.47. The van der Waals surface area contributed by atoms with Crippen LogP contribution < -0.4 is 4.74 Å². The van der Waals surface area contributed by atoms with Crippen LogP contribution in [0.3, 0.4) is 0 Å². The molecule has 0 saturated heterocycles. The Kier molecular flexibility index (Phi) is 4.39. The number of rotatable bonds is 3. The van der Waals surface area contributed by atoms with Gasteiger partial charge in [-0.3, -0.25) is 0 Å². The van der Waals surface area contributed by atoms with Crippen LogP contribution >= 0.6 is 34.8 Å². The Balaban J connectivity index is 2.35. The van der Waals surface area contributed by atoms with Gasteiger partial charge < -0.3 is 4.74 Å². The molecular weight excluding hydrogens is 291 g/mol. The van der Waals surface area contributed by atoms with Gasteiger partial charge in [-0.25, -0.2) is 0 Å². The van der Waals surface area contributed by atoms with E-state index in [1.807, 2.05) is 36.4 Å². The van der Waals surface area contributed by atoms with Gasteiger partial charge in [0, 0.05) is 0 Å². The third-order valence-corrected chi connectivity index (χ3v) is 3.98. The quantitative estimate of drug-likeness (QED) is 0.696. The highest BCUT2D eigenvalue weighted by atomic mass is 35.5. The van der Waals surface area contributed by atoms with Gasteiger partial charge in [0.05, 0.1) is 22.5 Å². The Morgan fingerprint density at radius 1 is 1.00 bits per heavy atom. The zero-order valence-corrected chi connectivity index (χ0v) is 11.9. The highest BCUT2D eigenvalue weighted by Gasteiger charge is 2.15. The van der Waals surface area contributed by atoms with E-state index in [0.717, 1.165) is 16.9 Å². The second-order valence-electron chi connectivity index (χ2n) is 3.78. The van der Waals surface area contributed by atoms with Crippen molar-refractivity contribution in [3.05, 3.63) is 63.6 Å². The van der Waals surface area contributed by atoms with E-state index in [-0.39, 0.29) is 5.38 Å². The Bertz CT molecular complexity index is 537. The lowest BCUT2D eigenvalue weighted by Gasteiger charge is -2.13. The summed E-state index contributed by atoms with van der Waals surface area (Å²) in [5, 5.41) is 0.672. The van der Waals surface area contributed by atoms with Crippen LogP contribution in [0.15, 0.2) is 42.5 Å². The van der Waals surface area contributed by atoms with Crippen molar-refractivity contribution in [2.24, 2.45) is 0 Å². The summed E-state index contributed by atoms with van der Waals surface area (Å²) < 4.78 is 5.11. The van der Waals surface area contributed by atoms with Crippen molar-refractivity contribution in [3.8, 4) is 5.75 Å². The number of hydrogen-bond acceptors (Lipinski definition) is 1. The molecule has 1 atom stereocenters. The van der Waals surface area contributed by atoms with E-state index >= 15 is 0 Å². The number of ether oxygens (including phenoxy) is 1. The van der Waals surface area contributed by atoms with Gasteiger partial charge in [0.15, 0.2) is 0 Å². The molecule has 0 heterocycles. The van der Waals surface area contributed by atoms with Gasteiger partial charge in [0.2, 0.25) is 0 Å². The van der Waals surface area contributed by atoms with Crippen molar-refractivity contribution < 1.29 is 4.74 Å². The Morgan fingerprint density at radius 2 is 1.67 bits per heavy atom. The molecule has 0 aliphatic rings. The fraction of sp³-hybridized carbons (Fsp3) is 0.143. The summed E-state index contributed by atoms with van der Waals surface area (Å²) in [4.78, 5) is 0. The molecule has 1 nitrogen and oxygen atoms in total. The summed E-state index contributed by atoms with van der Waals surface area (Å²) >= 11 is 18.6. The van der Waals surface area contributed by atoms with E-state index in [4.69, 9.17) is 39.5 Å². The van der Waals surface area contributed by atoms with Crippen LogP contribution in [-0.2, 0) is 0 Å². The van der Waals surface area contributed by atoms with Gasteiger partial charge >= 0.3 is 0 Å². The summed E-state index contributed by atoms with van der Waals surface area (Å²) in [7, 11) is 1.63. The second-order valence-corrected chi connectivity index (χ2v) is 5.00. The predicted molar refractivity (Wildman–Crippen MR) is 77.2 cm³/mol. The fourth-order valence-electron chi connectivity index (χ4n) is 1.67. The summed E-state index contributed by atoms with van der Waals surface area (Å²) in [6.45, 7) is 0. The zero-order chi connectivity index (χ0) is 13.1. The zero-order valence-electron chi connectivity index (χ0n) is 9.66. The molecule has 1 unspecified atom stereocenters. The molecule has 0 aliphatic carbocycles. The Labute approximate surface area is 121 Å². The van der Waals surface area contributed by atoms with Crippen LogP contribution in [0.4, 0.5) is 0 Å². The maximum atomic E-state index is 6.42. The Morgan fingerprint density at radius 3 is 2.28 bits per heavy atom. The minimum atomic E-state index is -0.331. The summed E-state index contributed by atoms with van der Waals surface area (Å²) in [6.07, 6.45) is 0. The van der Waals surface area contributed by atoms with Crippen LogP contribution in [0.5, 0.6) is 5.75 Å². The summed E-state index contributed by atoms with van der Waals surface area (Å²) in [5.74, 6) is 0.791. The van der Waals surface area contributed by atoms with Gasteiger partial charge in [0.1, 0.15) is 5.75 Å². The van der Waals surface area contributed by atoms with Crippen LogP contribution in [0.2, 0.25) is 10.0 Å². The average Bonchev–Trinajstić information content (AvgIpc) is 2.41. The molecule has 2 aromatic carbocycles. The molecule has 0 aliphatic heterocycles. The number of benzene rings is 2. The van der Waals surface area contributed by atoms with Gasteiger partial charge in [-0.05, 0) is 29.3 Å². The minimum absolute atomic E-state index is 0.331. The maximum absolute atomic E-state index is 6.42. The van der Waals surface area contributed by atoms with E-state index < -0.39 is 0 Å². The van der Waals surface area contributed by atoms with Crippen molar-refractivity contribution >= 4 is 34.8 Å². The molecule has 18 heavy (non-hydrogen) atoms. The summed E-state index contributed by atoms with van der Waals surface area (Å²) in [6, 6.07) is 13.0. The third kappa shape index (κ3) is 2.74. The molecule has 0 saturated carbocycles. The molecule has 0 amide bonds. The minimum Gasteiger partial charge on any atom is -0.497 e. The number of hydrogen-bond donors (Lipinski definition) is 0. The number of alkyl halides is 1. The third-order valence-electron chi connectivity index (χ3n) is 2.66.